The van der Waals surface area contributed by atoms with Gasteiger partial charge < -0.3 is 9.30 Å². The number of carbonyl (C=O) groups is 1. The van der Waals surface area contributed by atoms with Crippen molar-refractivity contribution in [2.24, 2.45) is 0 Å². The molecule has 4 aromatic rings. The molecule has 3 aromatic heterocycles. The number of anilines is 1. The highest BCUT2D eigenvalue weighted by atomic mass is 19.4. The van der Waals surface area contributed by atoms with Crippen molar-refractivity contribution in [1.82, 2.24) is 29.5 Å². The lowest BCUT2D eigenvalue weighted by Gasteiger charge is -2.28. The van der Waals surface area contributed by atoms with Crippen LogP contribution in [0.25, 0.3) is 22.8 Å². The van der Waals surface area contributed by atoms with Gasteiger partial charge in [0.15, 0.2) is 11.5 Å². The maximum Gasteiger partial charge on any atom is 0.434 e. The van der Waals surface area contributed by atoms with E-state index in [1.165, 1.54) is 18.0 Å². The first-order valence-corrected chi connectivity index (χ1v) is 13.4. The number of carbonyl (C=O) groups excluding carboxylic acids is 1. The third-order valence-corrected chi connectivity index (χ3v) is 7.36. The van der Waals surface area contributed by atoms with Crippen LogP contribution in [0.15, 0.2) is 43.0 Å². The second-order valence-corrected chi connectivity index (χ2v) is 10.6. The van der Waals surface area contributed by atoms with E-state index in [-0.39, 0.29) is 24.3 Å². The Morgan fingerprint density at radius 2 is 1.80 bits per heavy atom. The molecule has 1 fully saturated rings. The van der Waals surface area contributed by atoms with Crippen LogP contribution in [0.5, 0.6) is 5.88 Å². The second-order valence-electron chi connectivity index (χ2n) is 10.6. The van der Waals surface area contributed by atoms with Gasteiger partial charge in [-0.1, -0.05) is 24.3 Å². The lowest BCUT2D eigenvalue weighted by molar-refractivity contribution is -0.140. The number of aromatic nitrogens is 6. The van der Waals surface area contributed by atoms with E-state index in [2.05, 4.69) is 19.9 Å². The number of benzene rings is 1. The number of halogens is 3. The molecule has 1 aliphatic heterocycles. The van der Waals surface area contributed by atoms with Crippen LogP contribution in [-0.4, -0.2) is 42.5 Å². The summed E-state index contributed by atoms with van der Waals surface area (Å²) in [5, 5.41) is 0. The zero-order valence-electron chi connectivity index (χ0n) is 22.8. The van der Waals surface area contributed by atoms with Gasteiger partial charge in [0.1, 0.15) is 23.5 Å². The summed E-state index contributed by atoms with van der Waals surface area (Å²) in [5.74, 6) is 1.78. The van der Waals surface area contributed by atoms with E-state index < -0.39 is 11.9 Å². The van der Waals surface area contributed by atoms with Gasteiger partial charge in [0.2, 0.25) is 11.8 Å². The van der Waals surface area contributed by atoms with Gasteiger partial charge in [-0.15, -0.1) is 0 Å². The highest BCUT2D eigenvalue weighted by Crippen LogP contribution is 2.45. The number of fused-ring (bicyclic) bond motifs is 1. The number of hydrogen-bond donors (Lipinski definition) is 0. The normalized spacial score (nSPS) is 15.4. The van der Waals surface area contributed by atoms with Crippen molar-refractivity contribution in [2.75, 3.05) is 12.0 Å². The molecule has 0 atom stereocenters. The van der Waals surface area contributed by atoms with Crippen molar-refractivity contribution >= 4 is 11.7 Å². The summed E-state index contributed by atoms with van der Waals surface area (Å²) in [6.07, 6.45) is 2.62. The van der Waals surface area contributed by atoms with Gasteiger partial charge in [-0.3, -0.25) is 9.69 Å². The summed E-state index contributed by atoms with van der Waals surface area (Å²) in [6.45, 7) is 3.85. The van der Waals surface area contributed by atoms with Crippen LogP contribution in [0, 0.1) is 0 Å². The van der Waals surface area contributed by atoms with Gasteiger partial charge in [-0.2, -0.15) is 13.2 Å². The zero-order chi connectivity index (χ0) is 28.9. The number of methoxy groups -OCH3 is 1. The number of hydrogen-bond acceptors (Lipinski definition) is 7. The minimum Gasteiger partial charge on any atom is -0.480 e. The molecule has 1 aromatic carbocycles. The minimum absolute atomic E-state index is 0.0740. The van der Waals surface area contributed by atoms with Crippen molar-refractivity contribution in [3.05, 3.63) is 65.5 Å². The smallest absolute Gasteiger partial charge is 0.434 e. The molecule has 0 spiro atoms. The molecule has 9 nitrogen and oxygen atoms in total. The Morgan fingerprint density at radius 1 is 1.05 bits per heavy atom. The van der Waals surface area contributed by atoms with Gasteiger partial charge in [0.25, 0.3) is 0 Å². The molecule has 0 bridgehead atoms. The average molecular weight is 564 g/mol. The van der Waals surface area contributed by atoms with Gasteiger partial charge in [-0.05, 0) is 38.7 Å². The number of ether oxygens (including phenoxy) is 1. The molecule has 1 aliphatic carbocycles. The number of aryl methyl sites for hydroxylation is 1. The molecule has 41 heavy (non-hydrogen) atoms. The Kier molecular flexibility index (Phi) is 6.71. The Balaban J connectivity index is 1.32. The molecule has 1 amide bonds. The van der Waals surface area contributed by atoms with Crippen LogP contribution in [-0.2, 0) is 23.9 Å². The van der Waals surface area contributed by atoms with Crippen LogP contribution in [0.1, 0.15) is 67.6 Å². The summed E-state index contributed by atoms with van der Waals surface area (Å²) in [4.78, 5) is 36.8. The highest BCUT2D eigenvalue weighted by molar-refractivity contribution is 5.95. The molecule has 6 rings (SSSR count). The van der Waals surface area contributed by atoms with E-state index in [0.29, 0.717) is 47.4 Å². The Bertz CT molecular complexity index is 1610. The van der Waals surface area contributed by atoms with Crippen molar-refractivity contribution in [2.45, 2.75) is 64.2 Å². The van der Waals surface area contributed by atoms with Crippen molar-refractivity contribution in [3.63, 3.8) is 0 Å². The predicted molar refractivity (Wildman–Crippen MR) is 144 cm³/mol. The zero-order valence-corrected chi connectivity index (χ0v) is 22.8. The number of rotatable bonds is 7. The summed E-state index contributed by atoms with van der Waals surface area (Å²) in [5.41, 5.74) is 2.76. The van der Waals surface area contributed by atoms with E-state index >= 15 is 0 Å². The number of amides is 1. The van der Waals surface area contributed by atoms with Gasteiger partial charge in [-0.25, -0.2) is 24.9 Å². The molecule has 1 saturated carbocycles. The van der Waals surface area contributed by atoms with Gasteiger partial charge >= 0.3 is 6.18 Å². The van der Waals surface area contributed by atoms with Crippen LogP contribution < -0.4 is 9.64 Å². The number of imidazole rings is 1. The fourth-order valence-electron chi connectivity index (χ4n) is 5.08. The lowest BCUT2D eigenvalue weighted by atomic mass is 10.0. The maximum absolute atomic E-state index is 13.3. The summed E-state index contributed by atoms with van der Waals surface area (Å²) in [7, 11) is 1.54. The highest BCUT2D eigenvalue weighted by Gasteiger charge is 2.36. The average Bonchev–Trinajstić information content (AvgIpc) is 3.70. The van der Waals surface area contributed by atoms with Crippen molar-refractivity contribution < 1.29 is 22.7 Å². The fraction of sp³-hybridized carbons (Fsp3) is 0.379. The molecule has 12 heteroatoms. The predicted octanol–water partition coefficient (Wildman–Crippen LogP) is 5.76. The van der Waals surface area contributed by atoms with E-state index in [4.69, 9.17) is 9.72 Å². The topological polar surface area (TPSA) is 98.9 Å². The standard InChI is InChI=1S/C29H28F3N7O2/c1-16(2)38-14-21(29(30,31)32)36-26(38)19-6-4-17(5-7-19)13-39-22(40)11-10-20-12-33-25(37-27(20)39)23-24(18-8-9-18)34-15-35-28(23)41-3/h4-7,12,14-16,18H,8-11,13H2,1-3H3. The van der Waals surface area contributed by atoms with E-state index in [1.54, 1.807) is 49.2 Å². The Labute approximate surface area is 234 Å². The number of nitrogens with zero attached hydrogens (tertiary/aromatic N) is 7. The summed E-state index contributed by atoms with van der Waals surface area (Å²) >= 11 is 0. The van der Waals surface area contributed by atoms with Gasteiger partial charge in [0, 0.05) is 41.9 Å². The van der Waals surface area contributed by atoms with Crippen molar-refractivity contribution in [3.8, 4) is 28.7 Å². The van der Waals surface area contributed by atoms with E-state index in [0.717, 1.165) is 35.9 Å². The third-order valence-electron chi connectivity index (χ3n) is 7.36. The Morgan fingerprint density at radius 3 is 2.46 bits per heavy atom. The molecule has 0 saturated heterocycles. The molecule has 0 radical (unpaired) electrons. The lowest BCUT2D eigenvalue weighted by Crippen LogP contribution is -2.35. The third kappa shape index (κ3) is 5.14. The summed E-state index contributed by atoms with van der Waals surface area (Å²) < 4.78 is 47.1. The summed E-state index contributed by atoms with van der Waals surface area (Å²) in [6, 6.07) is 6.84. The van der Waals surface area contributed by atoms with Crippen molar-refractivity contribution in [1.29, 1.82) is 0 Å². The maximum atomic E-state index is 13.3. The first-order valence-electron chi connectivity index (χ1n) is 13.4. The SMILES string of the molecule is COc1ncnc(C2CC2)c1-c1ncc2c(n1)N(Cc1ccc(-c3nc(C(F)(F)F)cn3C(C)C)cc1)C(=O)CC2. The van der Waals surface area contributed by atoms with Crippen LogP contribution in [0.3, 0.4) is 0 Å². The molecular formula is C29H28F3N7O2. The van der Waals surface area contributed by atoms with Crippen LogP contribution in [0.4, 0.5) is 19.0 Å². The fourth-order valence-corrected chi connectivity index (χ4v) is 5.08. The molecule has 0 N–H and O–H groups in total. The van der Waals surface area contributed by atoms with Crippen LogP contribution >= 0.6 is 0 Å². The first kappa shape index (κ1) is 26.9. The second kappa shape index (κ2) is 10.2. The minimum atomic E-state index is -4.53. The molecular weight excluding hydrogens is 535 g/mol. The first-order chi connectivity index (χ1) is 19.6. The molecule has 212 valence electrons. The Hall–Kier alpha value is -4.35. The molecule has 0 unspecified atom stereocenters. The van der Waals surface area contributed by atoms with E-state index in [9.17, 15) is 18.0 Å². The van der Waals surface area contributed by atoms with Gasteiger partial charge in [0.05, 0.1) is 19.3 Å². The monoisotopic (exact) mass is 563 g/mol. The molecule has 2 aliphatic rings. The molecule has 4 heterocycles. The largest absolute Gasteiger partial charge is 0.480 e. The quantitative estimate of drug-likeness (QED) is 0.282. The number of alkyl halides is 3. The van der Waals surface area contributed by atoms with Crippen LogP contribution in [0.2, 0.25) is 0 Å². The van der Waals surface area contributed by atoms with E-state index in [1.807, 2.05) is 0 Å².